The molecule has 2 aromatic heterocycles. The molecule has 4 rings (SSSR count). The standard InChI is InChI=1S/C18H18N2/c1-19-12-15-5-2-3-7-17(15)18(13-19)14-8-10-20-9-4-6-16(20)11-14/h2-11,18H,12-13H2,1H3/t18-/m1/s1. The summed E-state index contributed by atoms with van der Waals surface area (Å²) in [7, 11) is 2.21. The molecule has 0 spiro atoms. The van der Waals surface area contributed by atoms with Crippen LogP contribution in [0.25, 0.3) is 5.52 Å². The van der Waals surface area contributed by atoms with Gasteiger partial charge in [-0.3, -0.25) is 0 Å². The summed E-state index contributed by atoms with van der Waals surface area (Å²) in [6.07, 6.45) is 4.27. The van der Waals surface area contributed by atoms with Crippen molar-refractivity contribution in [2.45, 2.75) is 12.5 Å². The molecule has 0 aliphatic carbocycles. The van der Waals surface area contributed by atoms with Crippen molar-refractivity contribution in [3.05, 3.63) is 77.6 Å². The number of pyridine rings is 1. The van der Waals surface area contributed by atoms with Crippen molar-refractivity contribution in [3.63, 3.8) is 0 Å². The Balaban J connectivity index is 1.84. The predicted octanol–water partition coefficient (Wildman–Crippen LogP) is 3.52. The summed E-state index contributed by atoms with van der Waals surface area (Å²) < 4.78 is 2.17. The molecular weight excluding hydrogens is 244 g/mol. The molecular formula is C18H18N2. The Bertz CT molecular complexity index is 757. The lowest BCUT2D eigenvalue weighted by molar-refractivity contribution is 0.295. The highest BCUT2D eigenvalue weighted by molar-refractivity contribution is 5.52. The fourth-order valence-corrected chi connectivity index (χ4v) is 3.34. The Morgan fingerprint density at radius 2 is 1.90 bits per heavy atom. The monoisotopic (exact) mass is 262 g/mol. The lowest BCUT2D eigenvalue weighted by atomic mass is 9.85. The zero-order valence-corrected chi connectivity index (χ0v) is 11.7. The first kappa shape index (κ1) is 11.7. The molecule has 0 bridgehead atoms. The smallest absolute Gasteiger partial charge is 0.0452 e. The van der Waals surface area contributed by atoms with Crippen LogP contribution in [-0.4, -0.2) is 22.9 Å². The van der Waals surface area contributed by atoms with Gasteiger partial charge in [0, 0.05) is 36.9 Å². The second-order valence-electron chi connectivity index (χ2n) is 5.75. The van der Waals surface area contributed by atoms with Gasteiger partial charge >= 0.3 is 0 Å². The molecule has 2 heteroatoms. The number of fused-ring (bicyclic) bond motifs is 2. The maximum Gasteiger partial charge on any atom is 0.0452 e. The molecule has 0 saturated heterocycles. The maximum atomic E-state index is 2.41. The molecule has 0 fully saturated rings. The van der Waals surface area contributed by atoms with Crippen LogP contribution in [-0.2, 0) is 6.54 Å². The van der Waals surface area contributed by atoms with E-state index < -0.39 is 0 Å². The summed E-state index contributed by atoms with van der Waals surface area (Å²) in [5.41, 5.74) is 5.63. The van der Waals surface area contributed by atoms with Gasteiger partial charge in [-0.05, 0) is 48.0 Å². The van der Waals surface area contributed by atoms with Gasteiger partial charge in [0.1, 0.15) is 0 Å². The zero-order chi connectivity index (χ0) is 13.5. The molecule has 2 nitrogen and oxygen atoms in total. The molecule has 3 aromatic rings. The van der Waals surface area contributed by atoms with E-state index in [1.54, 1.807) is 0 Å². The molecule has 100 valence electrons. The zero-order valence-electron chi connectivity index (χ0n) is 11.7. The van der Waals surface area contributed by atoms with E-state index >= 15 is 0 Å². The van der Waals surface area contributed by atoms with Crippen molar-refractivity contribution < 1.29 is 0 Å². The summed E-state index contributed by atoms with van der Waals surface area (Å²) in [6.45, 7) is 2.15. The first-order valence-electron chi connectivity index (χ1n) is 7.14. The number of nitrogens with zero attached hydrogens (tertiary/aromatic N) is 2. The number of rotatable bonds is 1. The number of hydrogen-bond acceptors (Lipinski definition) is 1. The lowest BCUT2D eigenvalue weighted by Gasteiger charge is -2.32. The number of aromatic nitrogens is 1. The van der Waals surface area contributed by atoms with E-state index in [1.807, 2.05) is 0 Å². The van der Waals surface area contributed by atoms with Crippen LogP contribution in [0.2, 0.25) is 0 Å². The quantitative estimate of drug-likeness (QED) is 0.651. The third-order valence-electron chi connectivity index (χ3n) is 4.32. The normalized spacial score (nSPS) is 19.1. The number of hydrogen-bond donors (Lipinski definition) is 0. The fraction of sp³-hybridized carbons (Fsp3) is 0.222. The highest BCUT2D eigenvalue weighted by Gasteiger charge is 2.24. The second-order valence-corrected chi connectivity index (χ2v) is 5.75. The average molecular weight is 262 g/mol. The minimum Gasteiger partial charge on any atom is -0.324 e. The van der Waals surface area contributed by atoms with Crippen LogP contribution in [0.5, 0.6) is 0 Å². The van der Waals surface area contributed by atoms with E-state index in [9.17, 15) is 0 Å². The van der Waals surface area contributed by atoms with Crippen molar-refractivity contribution in [2.24, 2.45) is 0 Å². The highest BCUT2D eigenvalue weighted by Crippen LogP contribution is 2.33. The third-order valence-corrected chi connectivity index (χ3v) is 4.32. The van der Waals surface area contributed by atoms with Crippen molar-refractivity contribution in [3.8, 4) is 0 Å². The lowest BCUT2D eigenvalue weighted by Crippen LogP contribution is -2.30. The van der Waals surface area contributed by atoms with E-state index in [0.29, 0.717) is 5.92 Å². The molecule has 0 unspecified atom stereocenters. The Kier molecular flexibility index (Phi) is 2.64. The van der Waals surface area contributed by atoms with Crippen LogP contribution >= 0.6 is 0 Å². The summed E-state index contributed by atoms with van der Waals surface area (Å²) in [4.78, 5) is 2.41. The van der Waals surface area contributed by atoms with Gasteiger partial charge < -0.3 is 9.30 Å². The predicted molar refractivity (Wildman–Crippen MR) is 82.0 cm³/mol. The summed E-state index contributed by atoms with van der Waals surface area (Å²) in [5, 5.41) is 0. The Morgan fingerprint density at radius 3 is 2.85 bits per heavy atom. The van der Waals surface area contributed by atoms with Gasteiger partial charge in [-0.2, -0.15) is 0 Å². The summed E-state index contributed by atoms with van der Waals surface area (Å²) in [6, 6.07) is 17.7. The van der Waals surface area contributed by atoms with Crippen LogP contribution in [0.1, 0.15) is 22.6 Å². The topological polar surface area (TPSA) is 7.65 Å². The summed E-state index contributed by atoms with van der Waals surface area (Å²) >= 11 is 0. The van der Waals surface area contributed by atoms with E-state index in [2.05, 4.69) is 77.3 Å². The molecule has 0 saturated carbocycles. The van der Waals surface area contributed by atoms with E-state index in [0.717, 1.165) is 13.1 Å². The number of benzene rings is 1. The third kappa shape index (κ3) is 1.84. The van der Waals surface area contributed by atoms with Crippen LogP contribution in [0.4, 0.5) is 0 Å². The van der Waals surface area contributed by atoms with Crippen LogP contribution < -0.4 is 0 Å². The molecule has 0 amide bonds. The molecule has 1 aliphatic rings. The Hall–Kier alpha value is -2.06. The Labute approximate surface area is 119 Å². The number of likely N-dealkylation sites (N-methyl/N-ethyl adjacent to an activating group) is 1. The van der Waals surface area contributed by atoms with Gasteiger partial charge in [-0.15, -0.1) is 0 Å². The van der Waals surface area contributed by atoms with Crippen molar-refractivity contribution in [1.29, 1.82) is 0 Å². The fourth-order valence-electron chi connectivity index (χ4n) is 3.34. The molecule has 0 N–H and O–H groups in total. The van der Waals surface area contributed by atoms with Gasteiger partial charge in [0.2, 0.25) is 0 Å². The van der Waals surface area contributed by atoms with Gasteiger partial charge in [0.25, 0.3) is 0 Å². The van der Waals surface area contributed by atoms with E-state index in [-0.39, 0.29) is 0 Å². The SMILES string of the molecule is CN1Cc2ccccc2[C@@H](c2ccn3cccc3c2)C1. The molecule has 20 heavy (non-hydrogen) atoms. The van der Waals surface area contributed by atoms with Crippen LogP contribution in [0.3, 0.4) is 0 Å². The average Bonchev–Trinajstić information content (AvgIpc) is 2.93. The van der Waals surface area contributed by atoms with Crippen molar-refractivity contribution in [1.82, 2.24) is 9.30 Å². The molecule has 1 aromatic carbocycles. The van der Waals surface area contributed by atoms with Crippen molar-refractivity contribution >= 4 is 5.52 Å². The van der Waals surface area contributed by atoms with E-state index in [1.165, 1.54) is 22.2 Å². The molecule has 1 atom stereocenters. The minimum absolute atomic E-state index is 0.477. The van der Waals surface area contributed by atoms with Crippen LogP contribution in [0.15, 0.2) is 60.9 Å². The second kappa shape index (κ2) is 4.50. The largest absolute Gasteiger partial charge is 0.324 e. The summed E-state index contributed by atoms with van der Waals surface area (Å²) in [5.74, 6) is 0.477. The minimum atomic E-state index is 0.477. The Morgan fingerprint density at radius 1 is 1.00 bits per heavy atom. The first-order chi connectivity index (χ1) is 9.81. The molecule has 1 aliphatic heterocycles. The van der Waals surface area contributed by atoms with E-state index in [4.69, 9.17) is 0 Å². The molecule has 0 radical (unpaired) electrons. The van der Waals surface area contributed by atoms with Crippen molar-refractivity contribution in [2.75, 3.05) is 13.6 Å². The molecule has 3 heterocycles. The van der Waals surface area contributed by atoms with Gasteiger partial charge in [-0.1, -0.05) is 24.3 Å². The highest BCUT2D eigenvalue weighted by atomic mass is 15.1. The van der Waals surface area contributed by atoms with Crippen LogP contribution in [0, 0.1) is 0 Å². The van der Waals surface area contributed by atoms with Gasteiger partial charge in [-0.25, -0.2) is 0 Å². The van der Waals surface area contributed by atoms with Gasteiger partial charge in [0.15, 0.2) is 0 Å². The maximum absolute atomic E-state index is 2.41. The van der Waals surface area contributed by atoms with Gasteiger partial charge in [0.05, 0.1) is 0 Å². The first-order valence-corrected chi connectivity index (χ1v) is 7.14.